The fourth-order valence-electron chi connectivity index (χ4n) is 4.88. The van der Waals surface area contributed by atoms with Crippen molar-refractivity contribution < 1.29 is 23.0 Å². The zero-order chi connectivity index (χ0) is 31.9. The van der Waals surface area contributed by atoms with Crippen LogP contribution in [0.15, 0.2) is 60.8 Å². The average Bonchev–Trinajstić information content (AvgIpc) is 3.00. The number of ether oxygens (including phenoxy) is 2. The molecular weight excluding hydrogens is 602 g/mol. The van der Waals surface area contributed by atoms with E-state index in [1.807, 2.05) is 32.0 Å². The fraction of sp³-hybridized carbons (Fsp3) is 0.303. The molecule has 0 spiro atoms. The normalized spacial score (nSPS) is 13.8. The van der Waals surface area contributed by atoms with Crippen molar-refractivity contribution in [3.63, 3.8) is 0 Å². The molecule has 1 fully saturated rings. The van der Waals surface area contributed by atoms with Crippen molar-refractivity contribution in [2.24, 2.45) is 0 Å². The van der Waals surface area contributed by atoms with Gasteiger partial charge in [0.2, 0.25) is 11.8 Å². The first-order chi connectivity index (χ1) is 21.7. The van der Waals surface area contributed by atoms with Gasteiger partial charge in [-0.05, 0) is 68.8 Å². The van der Waals surface area contributed by atoms with Gasteiger partial charge in [0.15, 0.2) is 11.6 Å². The van der Waals surface area contributed by atoms with Gasteiger partial charge in [-0.3, -0.25) is 4.79 Å². The molecule has 1 aromatic heterocycles. The molecular formula is C33H35ClF2N6O3. The number of rotatable bonds is 11. The van der Waals surface area contributed by atoms with Crippen molar-refractivity contribution in [3.05, 3.63) is 94.1 Å². The molecule has 9 nitrogen and oxygen atoms in total. The third-order valence-electron chi connectivity index (χ3n) is 7.48. The first-order valence-electron chi connectivity index (χ1n) is 14.6. The molecule has 0 atom stereocenters. The molecule has 2 heterocycles. The highest BCUT2D eigenvalue weighted by Gasteiger charge is 2.20. The van der Waals surface area contributed by atoms with Crippen molar-refractivity contribution in [3.8, 4) is 17.4 Å². The van der Waals surface area contributed by atoms with E-state index in [1.165, 1.54) is 30.5 Å². The van der Waals surface area contributed by atoms with Crippen LogP contribution in [-0.2, 0) is 0 Å². The zero-order valence-electron chi connectivity index (χ0n) is 25.4. The lowest BCUT2D eigenvalue weighted by Crippen LogP contribution is -2.44. The number of para-hydroxylation sites is 1. The highest BCUT2D eigenvalue weighted by molar-refractivity contribution is 6.32. The molecule has 0 unspecified atom stereocenters. The van der Waals surface area contributed by atoms with Crippen LogP contribution < -0.4 is 20.1 Å². The molecule has 1 aliphatic rings. The average molecular weight is 637 g/mol. The quantitative estimate of drug-likeness (QED) is 0.173. The van der Waals surface area contributed by atoms with E-state index in [4.69, 9.17) is 21.1 Å². The van der Waals surface area contributed by atoms with Crippen LogP contribution in [0.3, 0.4) is 0 Å². The second-order valence-corrected chi connectivity index (χ2v) is 11.3. The van der Waals surface area contributed by atoms with E-state index in [0.717, 1.165) is 56.3 Å². The number of aryl methyl sites for hydroxylation is 2. The van der Waals surface area contributed by atoms with E-state index in [2.05, 4.69) is 37.4 Å². The lowest BCUT2D eigenvalue weighted by molar-refractivity contribution is 0.102. The molecule has 1 amide bonds. The van der Waals surface area contributed by atoms with Crippen LogP contribution in [0, 0.1) is 25.5 Å². The Bertz CT molecular complexity index is 1650. The second kappa shape index (κ2) is 14.6. The first kappa shape index (κ1) is 32.1. The number of anilines is 3. The smallest absolute Gasteiger partial charge is 0.262 e. The number of nitrogens with one attached hydrogen (secondary N) is 2. The summed E-state index contributed by atoms with van der Waals surface area (Å²) in [5, 5.41) is 5.82. The maximum atomic E-state index is 14.9. The highest BCUT2D eigenvalue weighted by Crippen LogP contribution is 2.32. The molecule has 0 aliphatic carbocycles. The predicted octanol–water partition coefficient (Wildman–Crippen LogP) is 6.83. The predicted molar refractivity (Wildman–Crippen MR) is 171 cm³/mol. The molecule has 0 bridgehead atoms. The Morgan fingerprint density at radius 2 is 1.73 bits per heavy atom. The summed E-state index contributed by atoms with van der Waals surface area (Å²) < 4.78 is 40.2. The van der Waals surface area contributed by atoms with E-state index < -0.39 is 17.5 Å². The van der Waals surface area contributed by atoms with Gasteiger partial charge >= 0.3 is 0 Å². The molecule has 1 aliphatic heterocycles. The fourth-order valence-corrected chi connectivity index (χ4v) is 5.09. The minimum Gasteiger partial charge on any atom is -0.490 e. The van der Waals surface area contributed by atoms with Gasteiger partial charge in [-0.15, -0.1) is 0 Å². The number of halogens is 3. The minimum atomic E-state index is -0.546. The Morgan fingerprint density at radius 1 is 1.00 bits per heavy atom. The van der Waals surface area contributed by atoms with Gasteiger partial charge in [0.05, 0.1) is 11.6 Å². The molecule has 4 aromatic rings. The first-order valence-corrected chi connectivity index (χ1v) is 15.0. The molecule has 45 heavy (non-hydrogen) atoms. The Balaban J connectivity index is 1.30. The van der Waals surface area contributed by atoms with Gasteiger partial charge < -0.3 is 29.9 Å². The summed E-state index contributed by atoms with van der Waals surface area (Å²) in [6.45, 7) is 9.20. The standard InChI is InChI=1S/C33H35ClF2N6O3/c1-21-6-4-7-22(2)30(21)39-31(43)25-20-37-33(40-32(25)45-28-10-8-23(35)18-26(28)34)38-24-9-11-29(27(36)19-24)44-17-5-12-42-15-13-41(3)14-16-42/h4,6-11,18-20H,5,12-17H2,1-3H3,(H,39,43)(H,37,38,40). The molecule has 0 saturated carbocycles. The summed E-state index contributed by atoms with van der Waals surface area (Å²) in [5.74, 6) is -1.48. The van der Waals surface area contributed by atoms with E-state index in [9.17, 15) is 13.6 Å². The van der Waals surface area contributed by atoms with Crippen LogP contribution in [0.5, 0.6) is 17.4 Å². The van der Waals surface area contributed by atoms with Gasteiger partial charge in [0, 0.05) is 56.4 Å². The van der Waals surface area contributed by atoms with Gasteiger partial charge in [-0.1, -0.05) is 29.8 Å². The highest BCUT2D eigenvalue weighted by atomic mass is 35.5. The van der Waals surface area contributed by atoms with Crippen LogP contribution in [0.4, 0.5) is 26.1 Å². The number of carbonyl (C=O) groups excluding carboxylic acids is 1. The number of hydrogen-bond acceptors (Lipinski definition) is 8. The van der Waals surface area contributed by atoms with Crippen molar-refractivity contribution in [2.45, 2.75) is 20.3 Å². The maximum Gasteiger partial charge on any atom is 0.262 e. The summed E-state index contributed by atoms with van der Waals surface area (Å²) in [5.41, 5.74) is 2.76. The molecule has 0 radical (unpaired) electrons. The number of piperazine rings is 1. The van der Waals surface area contributed by atoms with Gasteiger partial charge in [0.1, 0.15) is 17.1 Å². The van der Waals surface area contributed by atoms with E-state index >= 15 is 0 Å². The lowest BCUT2D eigenvalue weighted by atomic mass is 10.1. The molecule has 3 aromatic carbocycles. The van der Waals surface area contributed by atoms with Crippen molar-refractivity contribution in [1.82, 2.24) is 19.8 Å². The van der Waals surface area contributed by atoms with Crippen molar-refractivity contribution in [1.29, 1.82) is 0 Å². The summed E-state index contributed by atoms with van der Waals surface area (Å²) >= 11 is 6.19. The lowest BCUT2D eigenvalue weighted by Gasteiger charge is -2.32. The number of carbonyl (C=O) groups is 1. The number of hydrogen-bond donors (Lipinski definition) is 2. The number of nitrogens with zero attached hydrogens (tertiary/aromatic N) is 4. The molecule has 236 valence electrons. The van der Waals surface area contributed by atoms with Crippen molar-refractivity contribution in [2.75, 3.05) is 57.0 Å². The number of amides is 1. The van der Waals surface area contributed by atoms with Crippen LogP contribution in [0.2, 0.25) is 5.02 Å². The summed E-state index contributed by atoms with van der Waals surface area (Å²) in [4.78, 5) is 26.7. The summed E-state index contributed by atoms with van der Waals surface area (Å²) in [6.07, 6.45) is 2.08. The molecule has 2 N–H and O–H groups in total. The summed E-state index contributed by atoms with van der Waals surface area (Å²) in [7, 11) is 2.12. The Labute approximate surface area is 266 Å². The molecule has 12 heteroatoms. The number of aromatic nitrogens is 2. The Morgan fingerprint density at radius 3 is 2.44 bits per heavy atom. The van der Waals surface area contributed by atoms with E-state index in [1.54, 1.807) is 6.07 Å². The number of likely N-dealkylation sites (N-methyl/N-ethyl adjacent to an activating group) is 1. The van der Waals surface area contributed by atoms with Gasteiger partial charge in [0.25, 0.3) is 5.91 Å². The van der Waals surface area contributed by atoms with Crippen LogP contribution in [0.25, 0.3) is 0 Å². The minimum absolute atomic E-state index is 0.00887. The third kappa shape index (κ3) is 8.44. The van der Waals surface area contributed by atoms with Gasteiger partial charge in [-0.2, -0.15) is 4.98 Å². The third-order valence-corrected chi connectivity index (χ3v) is 7.77. The van der Waals surface area contributed by atoms with Crippen LogP contribution in [-0.4, -0.2) is 72.1 Å². The Kier molecular flexibility index (Phi) is 10.4. The topological polar surface area (TPSA) is 91.8 Å². The monoisotopic (exact) mass is 636 g/mol. The molecule has 1 saturated heterocycles. The summed E-state index contributed by atoms with van der Waals surface area (Å²) in [6, 6.07) is 13.7. The maximum absolute atomic E-state index is 14.9. The Hall–Kier alpha value is -4.32. The van der Waals surface area contributed by atoms with Gasteiger partial charge in [-0.25, -0.2) is 13.8 Å². The molecule has 5 rings (SSSR count). The van der Waals surface area contributed by atoms with E-state index in [0.29, 0.717) is 18.0 Å². The largest absolute Gasteiger partial charge is 0.490 e. The second-order valence-electron chi connectivity index (χ2n) is 10.9. The van der Waals surface area contributed by atoms with Crippen molar-refractivity contribution >= 4 is 34.8 Å². The SMILES string of the molecule is Cc1cccc(C)c1NC(=O)c1cnc(Nc2ccc(OCCCN3CCN(C)CC3)c(F)c2)nc1Oc1ccc(F)cc1Cl. The van der Waals surface area contributed by atoms with E-state index in [-0.39, 0.29) is 33.9 Å². The van der Waals surface area contributed by atoms with Crippen LogP contribution in [0.1, 0.15) is 27.9 Å². The zero-order valence-corrected chi connectivity index (χ0v) is 26.1. The number of benzene rings is 3. The van der Waals surface area contributed by atoms with Crippen LogP contribution >= 0.6 is 11.6 Å².